The SMILES string of the molecule is CCCC1=C(C(=O)OCC)C(c2cc3ccccc3o2)c2cn[nH]c2N1. The van der Waals surface area contributed by atoms with Gasteiger partial charge >= 0.3 is 5.97 Å². The molecule has 0 radical (unpaired) electrons. The number of furan rings is 1. The molecule has 1 aromatic carbocycles. The normalized spacial score (nSPS) is 16.5. The minimum absolute atomic E-state index is 0.319. The van der Waals surface area contributed by atoms with Gasteiger partial charge in [0.15, 0.2) is 0 Å². The Morgan fingerprint density at radius 2 is 2.15 bits per heavy atom. The number of aromatic nitrogens is 2. The predicted octanol–water partition coefficient (Wildman–Crippen LogP) is 4.33. The van der Waals surface area contributed by atoms with Crippen molar-refractivity contribution in [2.24, 2.45) is 0 Å². The van der Waals surface area contributed by atoms with Crippen LogP contribution >= 0.6 is 0 Å². The third-order valence-electron chi connectivity index (χ3n) is 4.59. The summed E-state index contributed by atoms with van der Waals surface area (Å²) in [4.78, 5) is 12.8. The largest absolute Gasteiger partial charge is 0.463 e. The molecule has 0 fully saturated rings. The number of rotatable bonds is 5. The topological polar surface area (TPSA) is 80.2 Å². The van der Waals surface area contributed by atoms with E-state index in [4.69, 9.17) is 9.15 Å². The van der Waals surface area contributed by atoms with Crippen molar-refractivity contribution in [3.05, 3.63) is 59.1 Å². The van der Waals surface area contributed by atoms with Gasteiger partial charge in [0.2, 0.25) is 0 Å². The van der Waals surface area contributed by atoms with Gasteiger partial charge in [0, 0.05) is 16.6 Å². The van der Waals surface area contributed by atoms with Gasteiger partial charge < -0.3 is 14.5 Å². The van der Waals surface area contributed by atoms with Gasteiger partial charge in [-0.2, -0.15) is 5.10 Å². The lowest BCUT2D eigenvalue weighted by atomic mass is 9.85. The van der Waals surface area contributed by atoms with Crippen LogP contribution in [0.15, 0.2) is 52.2 Å². The van der Waals surface area contributed by atoms with Gasteiger partial charge in [0.1, 0.15) is 17.2 Å². The first-order valence-electron chi connectivity index (χ1n) is 8.91. The standard InChI is InChI=1S/C20H21N3O3/c1-3-7-14-18(20(24)25-4-2)17(13-11-21-23-19(13)22-14)16-10-12-8-5-6-9-15(12)26-16/h5-6,8-11,17H,3-4,7H2,1-2H3,(H2,21,22,23). The molecule has 2 N–H and O–H groups in total. The molecule has 3 heterocycles. The second-order valence-corrected chi connectivity index (χ2v) is 6.31. The number of nitrogens with zero attached hydrogens (tertiary/aromatic N) is 1. The Morgan fingerprint density at radius 1 is 1.31 bits per heavy atom. The lowest BCUT2D eigenvalue weighted by molar-refractivity contribution is -0.138. The monoisotopic (exact) mass is 351 g/mol. The first-order valence-corrected chi connectivity index (χ1v) is 8.91. The first kappa shape index (κ1) is 16.4. The molecule has 0 amide bonds. The molecule has 0 saturated carbocycles. The molecule has 0 spiro atoms. The molecule has 4 rings (SSSR count). The number of allylic oxidation sites excluding steroid dienone is 1. The fourth-order valence-electron chi connectivity index (χ4n) is 3.50. The molecule has 1 unspecified atom stereocenters. The number of nitrogens with one attached hydrogen (secondary N) is 2. The molecule has 0 aliphatic carbocycles. The lowest BCUT2D eigenvalue weighted by Gasteiger charge is -2.27. The van der Waals surface area contributed by atoms with E-state index in [9.17, 15) is 4.79 Å². The molecular formula is C20H21N3O3. The van der Waals surface area contributed by atoms with Crippen LogP contribution in [0.2, 0.25) is 0 Å². The summed E-state index contributed by atoms with van der Waals surface area (Å²) >= 11 is 0. The number of carbonyl (C=O) groups excluding carboxylic acids is 1. The number of esters is 1. The highest BCUT2D eigenvalue weighted by molar-refractivity contribution is 5.94. The summed E-state index contributed by atoms with van der Waals surface area (Å²) in [5.74, 6) is 0.845. The van der Waals surface area contributed by atoms with E-state index in [-0.39, 0.29) is 11.9 Å². The van der Waals surface area contributed by atoms with E-state index in [1.54, 1.807) is 6.20 Å². The van der Waals surface area contributed by atoms with E-state index in [2.05, 4.69) is 22.4 Å². The molecule has 1 aliphatic rings. The molecule has 26 heavy (non-hydrogen) atoms. The molecule has 6 nitrogen and oxygen atoms in total. The van der Waals surface area contributed by atoms with E-state index < -0.39 is 0 Å². The van der Waals surface area contributed by atoms with Crippen LogP contribution in [0.4, 0.5) is 5.82 Å². The van der Waals surface area contributed by atoms with Crippen molar-refractivity contribution in [1.29, 1.82) is 0 Å². The molecule has 134 valence electrons. The van der Waals surface area contributed by atoms with Crippen LogP contribution in [0.1, 0.15) is 43.9 Å². The fraction of sp³-hybridized carbons (Fsp3) is 0.300. The highest BCUT2D eigenvalue weighted by Crippen LogP contribution is 2.43. The third kappa shape index (κ3) is 2.67. The Hall–Kier alpha value is -3.02. The average Bonchev–Trinajstić information content (AvgIpc) is 3.27. The van der Waals surface area contributed by atoms with E-state index in [0.717, 1.165) is 40.9 Å². The second kappa shape index (κ2) is 6.71. The van der Waals surface area contributed by atoms with Gasteiger partial charge in [-0.25, -0.2) is 4.79 Å². The molecule has 0 bridgehead atoms. The second-order valence-electron chi connectivity index (χ2n) is 6.31. The Balaban J connectivity index is 1.90. The maximum Gasteiger partial charge on any atom is 0.336 e. The zero-order valence-corrected chi connectivity index (χ0v) is 14.8. The van der Waals surface area contributed by atoms with E-state index >= 15 is 0 Å². The van der Waals surface area contributed by atoms with Gasteiger partial charge in [-0.3, -0.25) is 5.10 Å². The van der Waals surface area contributed by atoms with Crippen LogP contribution in [0.3, 0.4) is 0 Å². The maximum absolute atomic E-state index is 12.8. The molecule has 1 aliphatic heterocycles. The highest BCUT2D eigenvalue weighted by Gasteiger charge is 2.37. The number of carbonyl (C=O) groups is 1. The number of para-hydroxylation sites is 1. The Labute approximate surface area is 151 Å². The number of ether oxygens (including phenoxy) is 1. The zero-order chi connectivity index (χ0) is 18.1. The summed E-state index contributed by atoms with van der Waals surface area (Å²) in [6.45, 7) is 4.22. The van der Waals surface area contributed by atoms with Crippen LogP contribution in [-0.4, -0.2) is 22.8 Å². The molecule has 3 aromatic rings. The minimum atomic E-state index is -0.349. The fourth-order valence-corrected chi connectivity index (χ4v) is 3.50. The number of hydrogen-bond acceptors (Lipinski definition) is 5. The summed E-state index contributed by atoms with van der Waals surface area (Å²) in [6, 6.07) is 9.83. The highest BCUT2D eigenvalue weighted by atomic mass is 16.5. The predicted molar refractivity (Wildman–Crippen MR) is 98.8 cm³/mol. The summed E-state index contributed by atoms with van der Waals surface area (Å²) in [7, 11) is 0. The van der Waals surface area contributed by atoms with Crippen molar-refractivity contribution in [1.82, 2.24) is 10.2 Å². The lowest BCUT2D eigenvalue weighted by Crippen LogP contribution is -2.24. The Bertz CT molecular complexity index is 950. The average molecular weight is 351 g/mol. The number of benzene rings is 1. The molecular weight excluding hydrogens is 330 g/mol. The Kier molecular flexibility index (Phi) is 4.24. The zero-order valence-electron chi connectivity index (χ0n) is 14.8. The van der Waals surface area contributed by atoms with Crippen molar-refractivity contribution in [2.45, 2.75) is 32.6 Å². The van der Waals surface area contributed by atoms with Gasteiger partial charge in [-0.1, -0.05) is 31.5 Å². The molecule has 0 saturated heterocycles. The number of hydrogen-bond donors (Lipinski definition) is 2. The van der Waals surface area contributed by atoms with Crippen LogP contribution in [0, 0.1) is 0 Å². The summed E-state index contributed by atoms with van der Waals surface area (Å²) in [5, 5.41) is 11.5. The quantitative estimate of drug-likeness (QED) is 0.669. The number of fused-ring (bicyclic) bond motifs is 2. The summed E-state index contributed by atoms with van der Waals surface area (Å²) in [5.41, 5.74) is 3.13. The summed E-state index contributed by atoms with van der Waals surface area (Å²) < 4.78 is 11.5. The first-order chi connectivity index (χ1) is 12.7. The van der Waals surface area contributed by atoms with Crippen molar-refractivity contribution in [3.8, 4) is 0 Å². The van der Waals surface area contributed by atoms with Crippen molar-refractivity contribution in [2.75, 3.05) is 11.9 Å². The van der Waals surface area contributed by atoms with Gasteiger partial charge in [-0.15, -0.1) is 0 Å². The number of H-pyrrole nitrogens is 1. The smallest absolute Gasteiger partial charge is 0.336 e. The van der Waals surface area contributed by atoms with Crippen LogP contribution in [0.5, 0.6) is 0 Å². The summed E-state index contributed by atoms with van der Waals surface area (Å²) in [6.07, 6.45) is 3.38. The van der Waals surface area contributed by atoms with Crippen LogP contribution in [-0.2, 0) is 9.53 Å². The third-order valence-corrected chi connectivity index (χ3v) is 4.59. The van der Waals surface area contributed by atoms with Gasteiger partial charge in [0.25, 0.3) is 0 Å². The van der Waals surface area contributed by atoms with E-state index in [0.29, 0.717) is 17.9 Å². The van der Waals surface area contributed by atoms with Crippen LogP contribution < -0.4 is 5.32 Å². The molecule has 1 atom stereocenters. The van der Waals surface area contributed by atoms with Gasteiger partial charge in [-0.05, 0) is 25.5 Å². The van der Waals surface area contributed by atoms with Crippen molar-refractivity contribution in [3.63, 3.8) is 0 Å². The minimum Gasteiger partial charge on any atom is -0.463 e. The number of aromatic amines is 1. The van der Waals surface area contributed by atoms with Gasteiger partial charge in [0.05, 0.1) is 24.3 Å². The van der Waals surface area contributed by atoms with E-state index in [1.807, 2.05) is 37.3 Å². The van der Waals surface area contributed by atoms with Crippen LogP contribution in [0.25, 0.3) is 11.0 Å². The van der Waals surface area contributed by atoms with E-state index in [1.165, 1.54) is 0 Å². The maximum atomic E-state index is 12.8. The molecule has 6 heteroatoms. The Morgan fingerprint density at radius 3 is 2.92 bits per heavy atom. The van der Waals surface area contributed by atoms with Crippen molar-refractivity contribution < 1.29 is 13.9 Å². The number of anilines is 1. The van der Waals surface area contributed by atoms with Crippen molar-refractivity contribution >= 4 is 22.8 Å². The molecule has 2 aromatic heterocycles.